The third-order valence-electron chi connectivity index (χ3n) is 4.55. The molecule has 1 N–H and O–H groups in total. The predicted molar refractivity (Wildman–Crippen MR) is 98.8 cm³/mol. The summed E-state index contributed by atoms with van der Waals surface area (Å²) in [6.45, 7) is 3.30. The average molecular weight is 393 g/mol. The number of likely N-dealkylation sites (tertiary alicyclic amines) is 1. The molecule has 1 fully saturated rings. The Morgan fingerprint density at radius 3 is 2.70 bits per heavy atom. The number of carbonyl (C=O) groups is 2. The van der Waals surface area contributed by atoms with Gasteiger partial charge < -0.3 is 9.64 Å². The SMILES string of the molecule is C[C@H](OC(=O)CCCN=C1NS(=O)(=O)c2ccccc21)C(=O)N1CCCC1. The van der Waals surface area contributed by atoms with Gasteiger partial charge >= 0.3 is 5.97 Å². The Kier molecular flexibility index (Phi) is 5.79. The number of hydrogen-bond donors (Lipinski definition) is 1. The van der Waals surface area contributed by atoms with Crippen LogP contribution in [-0.4, -0.2) is 56.8 Å². The highest BCUT2D eigenvalue weighted by molar-refractivity contribution is 7.90. The Balaban J connectivity index is 1.47. The molecule has 27 heavy (non-hydrogen) atoms. The van der Waals surface area contributed by atoms with Gasteiger partial charge in [-0.15, -0.1) is 0 Å². The van der Waals surface area contributed by atoms with Crippen molar-refractivity contribution in [2.75, 3.05) is 19.6 Å². The van der Waals surface area contributed by atoms with Crippen molar-refractivity contribution in [2.45, 2.75) is 43.6 Å². The molecule has 9 heteroatoms. The van der Waals surface area contributed by atoms with Gasteiger partial charge in [-0.1, -0.05) is 12.1 Å². The molecule has 1 saturated heterocycles. The van der Waals surface area contributed by atoms with Crippen LogP contribution in [0.4, 0.5) is 0 Å². The van der Waals surface area contributed by atoms with Gasteiger partial charge in [0.1, 0.15) is 5.84 Å². The molecule has 0 unspecified atom stereocenters. The molecule has 2 aliphatic heterocycles. The third-order valence-corrected chi connectivity index (χ3v) is 5.94. The minimum atomic E-state index is -3.56. The standard InChI is InChI=1S/C18H23N3O5S/c1-13(18(23)21-11-4-5-12-21)26-16(22)9-6-10-19-17-14-7-2-3-8-15(14)27(24,25)20-17/h2-3,7-8,13H,4-6,9-12H2,1H3,(H,19,20)/t13-/m0/s1. The summed E-state index contributed by atoms with van der Waals surface area (Å²) in [6.07, 6.45) is 1.70. The molecule has 3 rings (SSSR count). The quantitative estimate of drug-likeness (QED) is 0.575. The number of sulfonamides is 1. The second kappa shape index (κ2) is 8.08. The zero-order valence-corrected chi connectivity index (χ0v) is 16.0. The fraction of sp³-hybridized carbons (Fsp3) is 0.500. The lowest BCUT2D eigenvalue weighted by atomic mass is 10.2. The number of benzene rings is 1. The van der Waals surface area contributed by atoms with E-state index in [1.54, 1.807) is 30.0 Å². The molecular weight excluding hydrogens is 370 g/mol. The van der Waals surface area contributed by atoms with E-state index in [2.05, 4.69) is 9.71 Å². The van der Waals surface area contributed by atoms with Crippen LogP contribution < -0.4 is 4.72 Å². The summed E-state index contributed by atoms with van der Waals surface area (Å²) < 4.78 is 31.6. The number of nitrogens with zero attached hydrogens (tertiary/aromatic N) is 2. The van der Waals surface area contributed by atoms with E-state index in [-0.39, 0.29) is 29.6 Å². The Bertz CT molecular complexity index is 860. The van der Waals surface area contributed by atoms with Crippen LogP contribution in [0.1, 0.15) is 38.2 Å². The van der Waals surface area contributed by atoms with Crippen LogP contribution in [-0.2, 0) is 24.3 Å². The molecule has 0 aromatic heterocycles. The summed E-state index contributed by atoms with van der Waals surface area (Å²) in [5.41, 5.74) is 0.532. The Morgan fingerprint density at radius 2 is 1.96 bits per heavy atom. The maximum Gasteiger partial charge on any atom is 0.306 e. The number of esters is 1. The fourth-order valence-corrected chi connectivity index (χ4v) is 4.42. The normalized spacial score (nSPS) is 20.2. The number of rotatable bonds is 6. The van der Waals surface area contributed by atoms with Gasteiger partial charge in [0.25, 0.3) is 15.9 Å². The number of carbonyl (C=O) groups excluding carboxylic acids is 2. The van der Waals surface area contributed by atoms with Crippen molar-refractivity contribution in [3.63, 3.8) is 0 Å². The summed E-state index contributed by atoms with van der Waals surface area (Å²) in [4.78, 5) is 30.2. The number of aliphatic imine (C=N–C) groups is 1. The van der Waals surface area contributed by atoms with Crippen LogP contribution in [0.5, 0.6) is 0 Å². The van der Waals surface area contributed by atoms with E-state index in [1.807, 2.05) is 0 Å². The van der Waals surface area contributed by atoms with E-state index in [4.69, 9.17) is 4.74 Å². The number of amidine groups is 1. The summed E-state index contributed by atoms with van der Waals surface area (Å²) >= 11 is 0. The Labute approximate surface area is 158 Å². The van der Waals surface area contributed by atoms with E-state index in [9.17, 15) is 18.0 Å². The maximum absolute atomic E-state index is 12.1. The van der Waals surface area contributed by atoms with Crippen LogP contribution >= 0.6 is 0 Å². The largest absolute Gasteiger partial charge is 0.453 e. The lowest BCUT2D eigenvalue weighted by Gasteiger charge is -2.20. The Morgan fingerprint density at radius 1 is 1.26 bits per heavy atom. The molecule has 1 aromatic rings. The van der Waals surface area contributed by atoms with E-state index < -0.39 is 22.1 Å². The number of ether oxygens (including phenoxy) is 1. The lowest BCUT2D eigenvalue weighted by molar-refractivity contribution is -0.158. The average Bonchev–Trinajstić information content (AvgIpc) is 3.25. The van der Waals surface area contributed by atoms with Gasteiger partial charge in [-0.05, 0) is 38.3 Å². The highest BCUT2D eigenvalue weighted by atomic mass is 32.2. The van der Waals surface area contributed by atoms with Crippen molar-refractivity contribution in [1.82, 2.24) is 9.62 Å². The zero-order chi connectivity index (χ0) is 19.4. The van der Waals surface area contributed by atoms with E-state index in [0.717, 1.165) is 25.9 Å². The van der Waals surface area contributed by atoms with Crippen molar-refractivity contribution in [2.24, 2.45) is 4.99 Å². The lowest BCUT2D eigenvalue weighted by Crippen LogP contribution is -2.38. The first kappa shape index (κ1) is 19.3. The minimum absolute atomic E-state index is 0.114. The first-order valence-corrected chi connectivity index (χ1v) is 10.5. The highest BCUT2D eigenvalue weighted by Crippen LogP contribution is 2.22. The molecule has 1 atom stereocenters. The summed E-state index contributed by atoms with van der Waals surface area (Å²) in [7, 11) is -3.56. The topological polar surface area (TPSA) is 105 Å². The smallest absolute Gasteiger partial charge is 0.306 e. The molecule has 8 nitrogen and oxygen atoms in total. The predicted octanol–water partition coefficient (Wildman–Crippen LogP) is 1.06. The van der Waals surface area contributed by atoms with Crippen molar-refractivity contribution < 1.29 is 22.7 Å². The number of hydrogen-bond acceptors (Lipinski definition) is 6. The summed E-state index contributed by atoms with van der Waals surface area (Å²) in [6, 6.07) is 6.61. The molecule has 2 aliphatic rings. The van der Waals surface area contributed by atoms with Crippen molar-refractivity contribution in [1.29, 1.82) is 0 Å². The first-order valence-electron chi connectivity index (χ1n) is 9.03. The first-order chi connectivity index (χ1) is 12.9. The van der Waals surface area contributed by atoms with Crippen LogP contribution in [0.2, 0.25) is 0 Å². The van der Waals surface area contributed by atoms with Gasteiger partial charge in [-0.3, -0.25) is 19.3 Å². The van der Waals surface area contributed by atoms with E-state index in [1.165, 1.54) is 6.07 Å². The number of fused-ring (bicyclic) bond motifs is 1. The van der Waals surface area contributed by atoms with Gasteiger partial charge in [-0.2, -0.15) is 0 Å². The zero-order valence-electron chi connectivity index (χ0n) is 15.2. The van der Waals surface area contributed by atoms with Gasteiger partial charge in [0, 0.05) is 31.6 Å². The molecule has 1 amide bonds. The molecule has 0 saturated carbocycles. The van der Waals surface area contributed by atoms with Crippen molar-refractivity contribution in [3.05, 3.63) is 29.8 Å². The summed E-state index contributed by atoms with van der Waals surface area (Å²) in [5.74, 6) is -0.322. The van der Waals surface area contributed by atoms with Crippen molar-refractivity contribution >= 4 is 27.7 Å². The molecule has 0 radical (unpaired) electrons. The van der Waals surface area contributed by atoms with Crippen LogP contribution in [0, 0.1) is 0 Å². The number of amides is 1. The van der Waals surface area contributed by atoms with E-state index in [0.29, 0.717) is 12.0 Å². The second-order valence-electron chi connectivity index (χ2n) is 6.60. The van der Waals surface area contributed by atoms with Gasteiger partial charge in [0.05, 0.1) is 4.90 Å². The fourth-order valence-electron chi connectivity index (χ4n) is 3.17. The van der Waals surface area contributed by atoms with Crippen LogP contribution in [0.25, 0.3) is 0 Å². The molecule has 0 aliphatic carbocycles. The van der Waals surface area contributed by atoms with Crippen LogP contribution in [0.3, 0.4) is 0 Å². The van der Waals surface area contributed by atoms with Crippen molar-refractivity contribution in [3.8, 4) is 0 Å². The third kappa shape index (κ3) is 4.47. The summed E-state index contributed by atoms with van der Waals surface area (Å²) in [5, 5.41) is 0. The second-order valence-corrected chi connectivity index (χ2v) is 8.25. The molecule has 2 heterocycles. The molecule has 146 valence electrons. The Hall–Kier alpha value is -2.42. The highest BCUT2D eigenvalue weighted by Gasteiger charge is 2.30. The van der Waals surface area contributed by atoms with Gasteiger partial charge in [0.2, 0.25) is 0 Å². The number of nitrogens with one attached hydrogen (secondary N) is 1. The molecule has 0 spiro atoms. The van der Waals surface area contributed by atoms with Gasteiger partial charge in [0.15, 0.2) is 6.10 Å². The maximum atomic E-state index is 12.1. The molecule has 1 aromatic carbocycles. The van der Waals surface area contributed by atoms with E-state index >= 15 is 0 Å². The monoisotopic (exact) mass is 393 g/mol. The van der Waals surface area contributed by atoms with Gasteiger partial charge in [-0.25, -0.2) is 8.42 Å². The molecular formula is C18H23N3O5S. The molecule has 0 bridgehead atoms. The van der Waals surface area contributed by atoms with Crippen LogP contribution in [0.15, 0.2) is 34.2 Å². The minimum Gasteiger partial charge on any atom is -0.453 e.